The molecule has 2 aliphatic rings. The number of halogens is 3. The molecule has 1 unspecified atom stereocenters. The lowest BCUT2D eigenvalue weighted by atomic mass is 10.1. The van der Waals surface area contributed by atoms with Crippen LogP contribution < -0.4 is 26.0 Å². The van der Waals surface area contributed by atoms with Crippen LogP contribution in [0.1, 0.15) is 47.2 Å². The first-order valence-electron chi connectivity index (χ1n) is 14.1. The van der Waals surface area contributed by atoms with E-state index in [0.717, 1.165) is 55.7 Å². The smallest absolute Gasteiger partial charge is 0.416 e. The van der Waals surface area contributed by atoms with Crippen molar-refractivity contribution in [1.29, 1.82) is 0 Å². The highest BCUT2D eigenvalue weighted by Gasteiger charge is 2.32. The normalized spacial score (nSPS) is 16.6. The van der Waals surface area contributed by atoms with Crippen LogP contribution in [0.25, 0.3) is 5.82 Å². The van der Waals surface area contributed by atoms with Gasteiger partial charge in [-0.25, -0.2) is 15.0 Å². The number of rotatable bonds is 10. The molecule has 3 heterocycles. The Hall–Kier alpha value is -4.65. The minimum atomic E-state index is -4.64. The fourth-order valence-electron chi connectivity index (χ4n) is 4.81. The molecule has 4 N–H and O–H groups in total. The summed E-state index contributed by atoms with van der Waals surface area (Å²) in [6.45, 7) is 2.96. The third-order valence-corrected chi connectivity index (χ3v) is 7.32. The van der Waals surface area contributed by atoms with E-state index in [1.807, 2.05) is 13.0 Å². The maximum absolute atomic E-state index is 13.7. The van der Waals surface area contributed by atoms with E-state index in [0.29, 0.717) is 29.2 Å². The van der Waals surface area contributed by atoms with Crippen LogP contribution in [-0.4, -0.2) is 50.7 Å². The Morgan fingerprint density at radius 1 is 1.09 bits per heavy atom. The lowest BCUT2D eigenvalue weighted by Gasteiger charge is -2.16. The maximum Gasteiger partial charge on any atom is 0.416 e. The lowest BCUT2D eigenvalue weighted by Crippen LogP contribution is -2.28. The van der Waals surface area contributed by atoms with E-state index in [1.165, 1.54) is 12.4 Å². The average Bonchev–Trinajstić information content (AvgIpc) is 3.42. The van der Waals surface area contributed by atoms with E-state index >= 15 is 0 Å². The van der Waals surface area contributed by atoms with Crippen LogP contribution in [-0.2, 0) is 6.18 Å². The summed E-state index contributed by atoms with van der Waals surface area (Å²) in [5, 5.41) is 12.6. The summed E-state index contributed by atoms with van der Waals surface area (Å²) in [5.74, 6) is 1.13. The topological polar surface area (TPSA) is 118 Å². The van der Waals surface area contributed by atoms with Crippen molar-refractivity contribution in [2.24, 2.45) is 0 Å². The molecule has 1 atom stereocenters. The summed E-state index contributed by atoms with van der Waals surface area (Å²) >= 11 is 0. The van der Waals surface area contributed by atoms with Gasteiger partial charge < -0.3 is 26.0 Å². The van der Waals surface area contributed by atoms with Crippen LogP contribution in [0.15, 0.2) is 61.2 Å². The fourth-order valence-corrected chi connectivity index (χ4v) is 4.81. The Labute approximate surface area is 246 Å². The second-order valence-corrected chi connectivity index (χ2v) is 10.8. The molecule has 2 aromatic carbocycles. The van der Waals surface area contributed by atoms with Gasteiger partial charge in [0.25, 0.3) is 5.91 Å². The molecule has 0 bridgehead atoms. The first-order valence-corrected chi connectivity index (χ1v) is 14.1. The molecular formula is C30H31F3N8O2. The predicted octanol–water partition coefficient (Wildman–Crippen LogP) is 5.69. The number of imidazole rings is 1. The van der Waals surface area contributed by atoms with Crippen molar-refractivity contribution in [2.45, 2.75) is 50.9 Å². The summed E-state index contributed by atoms with van der Waals surface area (Å²) in [7, 11) is 0. The zero-order valence-corrected chi connectivity index (χ0v) is 23.4. The molecule has 1 saturated heterocycles. The van der Waals surface area contributed by atoms with Gasteiger partial charge in [0.2, 0.25) is 5.95 Å². The molecule has 1 amide bonds. The minimum absolute atomic E-state index is 0.00742. The number of aryl methyl sites for hydroxylation is 1. The van der Waals surface area contributed by atoms with Crippen molar-refractivity contribution < 1.29 is 22.7 Å². The summed E-state index contributed by atoms with van der Waals surface area (Å²) < 4.78 is 48.4. The summed E-state index contributed by atoms with van der Waals surface area (Å²) in [5.41, 5.74) is 0.792. The van der Waals surface area contributed by atoms with Crippen molar-refractivity contribution in [3.05, 3.63) is 77.9 Å². The number of hydrogen-bond donors (Lipinski definition) is 4. The van der Waals surface area contributed by atoms with Crippen molar-refractivity contribution >= 4 is 29.0 Å². The SMILES string of the molecule is Cc1ccc(NC(=O)c2cc(OCC3CCCN3)cc(C(F)(F)F)c2)cc1Nc1nccn1-c1cc(NC2CC2)ncn1. The van der Waals surface area contributed by atoms with Gasteiger partial charge in [-0.3, -0.25) is 9.36 Å². The molecule has 224 valence electrons. The molecular weight excluding hydrogens is 561 g/mol. The Kier molecular flexibility index (Phi) is 7.89. The van der Waals surface area contributed by atoms with E-state index in [1.54, 1.807) is 35.2 Å². The van der Waals surface area contributed by atoms with Crippen molar-refractivity contribution in [3.8, 4) is 11.6 Å². The van der Waals surface area contributed by atoms with Gasteiger partial charge in [0.05, 0.1) is 5.56 Å². The number of aromatic nitrogens is 4. The molecule has 4 aromatic rings. The van der Waals surface area contributed by atoms with Crippen LogP contribution in [0, 0.1) is 6.92 Å². The Morgan fingerprint density at radius 2 is 1.95 bits per heavy atom. The third-order valence-electron chi connectivity index (χ3n) is 7.32. The fraction of sp³-hybridized carbons (Fsp3) is 0.333. The Bertz CT molecular complexity index is 1610. The second-order valence-electron chi connectivity index (χ2n) is 10.8. The molecule has 0 spiro atoms. The molecule has 1 aliphatic carbocycles. The third kappa shape index (κ3) is 7.05. The van der Waals surface area contributed by atoms with E-state index in [4.69, 9.17) is 4.74 Å². The number of nitrogens with one attached hydrogen (secondary N) is 4. The molecule has 10 nitrogen and oxygen atoms in total. The van der Waals surface area contributed by atoms with E-state index < -0.39 is 17.6 Å². The molecule has 13 heteroatoms. The summed E-state index contributed by atoms with van der Waals surface area (Å²) in [4.78, 5) is 26.2. The highest BCUT2D eigenvalue weighted by Crippen LogP contribution is 2.33. The van der Waals surface area contributed by atoms with Gasteiger partial charge in [0, 0.05) is 47.5 Å². The highest BCUT2D eigenvalue weighted by atomic mass is 19.4. The van der Waals surface area contributed by atoms with Crippen LogP contribution in [0.4, 0.5) is 36.3 Å². The number of carbonyl (C=O) groups is 1. The first kappa shape index (κ1) is 28.5. The van der Waals surface area contributed by atoms with Crippen LogP contribution in [0.3, 0.4) is 0 Å². The zero-order valence-electron chi connectivity index (χ0n) is 23.4. The van der Waals surface area contributed by atoms with E-state index in [2.05, 4.69) is 36.2 Å². The number of nitrogens with zero attached hydrogens (tertiary/aromatic N) is 4. The molecule has 43 heavy (non-hydrogen) atoms. The van der Waals surface area contributed by atoms with Crippen LogP contribution in [0.5, 0.6) is 5.75 Å². The molecule has 6 rings (SSSR count). The lowest BCUT2D eigenvalue weighted by molar-refractivity contribution is -0.137. The zero-order chi connectivity index (χ0) is 30.0. The summed E-state index contributed by atoms with van der Waals surface area (Å²) in [6.07, 6.45) is 4.35. The quantitative estimate of drug-likeness (QED) is 0.186. The Balaban J connectivity index is 1.19. The summed E-state index contributed by atoms with van der Waals surface area (Å²) in [6, 6.07) is 10.6. The van der Waals surface area contributed by atoms with Gasteiger partial charge in [0.15, 0.2) is 0 Å². The first-order chi connectivity index (χ1) is 20.7. The van der Waals surface area contributed by atoms with E-state index in [9.17, 15) is 18.0 Å². The number of amides is 1. The largest absolute Gasteiger partial charge is 0.492 e. The Morgan fingerprint density at radius 3 is 2.72 bits per heavy atom. The van der Waals surface area contributed by atoms with Crippen LogP contribution >= 0.6 is 0 Å². The molecule has 2 aromatic heterocycles. The van der Waals surface area contributed by atoms with Gasteiger partial charge in [-0.2, -0.15) is 13.2 Å². The van der Waals surface area contributed by atoms with Crippen LogP contribution in [0.2, 0.25) is 0 Å². The predicted molar refractivity (Wildman–Crippen MR) is 156 cm³/mol. The maximum atomic E-state index is 13.7. The number of carbonyl (C=O) groups excluding carboxylic acids is 1. The molecule has 1 aliphatic heterocycles. The van der Waals surface area contributed by atoms with Crippen molar-refractivity contribution in [2.75, 3.05) is 29.1 Å². The monoisotopic (exact) mass is 592 g/mol. The van der Waals surface area contributed by atoms with Gasteiger partial charge >= 0.3 is 6.18 Å². The minimum Gasteiger partial charge on any atom is -0.492 e. The highest BCUT2D eigenvalue weighted by molar-refractivity contribution is 6.05. The van der Waals surface area contributed by atoms with Gasteiger partial charge in [-0.05, 0) is 75.0 Å². The molecule has 1 saturated carbocycles. The number of ether oxygens (including phenoxy) is 1. The van der Waals surface area contributed by atoms with Gasteiger partial charge in [-0.15, -0.1) is 0 Å². The van der Waals surface area contributed by atoms with E-state index in [-0.39, 0.29) is 24.0 Å². The average molecular weight is 593 g/mol. The number of alkyl halides is 3. The standard InChI is InChI=1S/C30H31F3N8O2/c1-18-4-5-22(14-25(18)40-29-35-9-10-41(29)27-15-26(36-17-37-27)38-21-6-7-21)39-28(42)19-11-20(30(31,32)33)13-24(12-19)43-16-23-3-2-8-34-23/h4-5,9-15,17,21,23,34H,2-3,6-8,16H2,1H3,(H,35,40)(H,39,42)(H,36,37,38). The number of anilines is 4. The van der Waals surface area contributed by atoms with Gasteiger partial charge in [-0.1, -0.05) is 6.07 Å². The number of benzene rings is 2. The second kappa shape index (κ2) is 11.9. The molecule has 2 fully saturated rings. The van der Waals surface area contributed by atoms with Crippen molar-refractivity contribution in [3.63, 3.8) is 0 Å². The van der Waals surface area contributed by atoms with Crippen molar-refractivity contribution in [1.82, 2.24) is 24.8 Å². The molecule has 0 radical (unpaired) electrons. The number of hydrogen-bond acceptors (Lipinski definition) is 8. The van der Waals surface area contributed by atoms with Gasteiger partial charge in [0.1, 0.15) is 30.3 Å².